The fourth-order valence-electron chi connectivity index (χ4n) is 2.88. The molecule has 0 heterocycles. The summed E-state index contributed by atoms with van der Waals surface area (Å²) < 4.78 is 0. The molecule has 1 aliphatic carbocycles. The second-order valence-corrected chi connectivity index (χ2v) is 6.09. The Morgan fingerprint density at radius 1 is 1.00 bits per heavy atom. The number of hydrogen-bond acceptors (Lipinski definition) is 0. The molecule has 15 heavy (non-hydrogen) atoms. The summed E-state index contributed by atoms with van der Waals surface area (Å²) in [5, 5.41) is 0. The van der Waals surface area contributed by atoms with E-state index in [1.165, 1.54) is 51.4 Å². The third kappa shape index (κ3) is 4.57. The molecule has 1 saturated carbocycles. The van der Waals surface area contributed by atoms with E-state index in [1.54, 1.807) is 0 Å². The van der Waals surface area contributed by atoms with Gasteiger partial charge in [-0.2, -0.15) is 0 Å². The Kier molecular flexibility index (Phi) is 5.15. The molecule has 0 nitrogen and oxygen atoms in total. The van der Waals surface area contributed by atoms with Gasteiger partial charge in [0.05, 0.1) is 0 Å². The molecular formula is C15H30. The fourth-order valence-corrected chi connectivity index (χ4v) is 2.88. The van der Waals surface area contributed by atoms with Crippen molar-refractivity contribution in [3.63, 3.8) is 0 Å². The monoisotopic (exact) mass is 210 g/mol. The van der Waals surface area contributed by atoms with Crippen LogP contribution in [0, 0.1) is 17.3 Å². The van der Waals surface area contributed by atoms with Gasteiger partial charge < -0.3 is 0 Å². The summed E-state index contributed by atoms with van der Waals surface area (Å²) in [5.74, 6) is 2.01. The molecule has 0 heteroatoms. The van der Waals surface area contributed by atoms with Crippen molar-refractivity contribution in [2.24, 2.45) is 17.3 Å². The topological polar surface area (TPSA) is 0 Å². The molecule has 0 radical (unpaired) electrons. The van der Waals surface area contributed by atoms with Gasteiger partial charge in [-0.1, -0.05) is 53.4 Å². The van der Waals surface area contributed by atoms with Gasteiger partial charge in [0.2, 0.25) is 0 Å². The van der Waals surface area contributed by atoms with Crippen LogP contribution in [-0.2, 0) is 0 Å². The fraction of sp³-hybridized carbons (Fsp3) is 1.00. The van der Waals surface area contributed by atoms with Crippen molar-refractivity contribution < 1.29 is 0 Å². The summed E-state index contributed by atoms with van der Waals surface area (Å²) in [7, 11) is 0. The summed E-state index contributed by atoms with van der Waals surface area (Å²) in [6.07, 6.45) is 11.6. The molecule has 1 rings (SSSR count). The Bertz CT molecular complexity index is 167. The SMILES string of the molecule is CCCC(CC)CC(CC)CC1(C)CC1. The second-order valence-electron chi connectivity index (χ2n) is 6.09. The molecule has 2 unspecified atom stereocenters. The Hall–Kier alpha value is 0. The van der Waals surface area contributed by atoms with E-state index in [9.17, 15) is 0 Å². The summed E-state index contributed by atoms with van der Waals surface area (Å²) >= 11 is 0. The van der Waals surface area contributed by atoms with Crippen LogP contribution >= 0.6 is 0 Å². The third-order valence-corrected chi connectivity index (χ3v) is 4.40. The molecule has 0 aromatic carbocycles. The lowest BCUT2D eigenvalue weighted by Crippen LogP contribution is -2.11. The predicted octanol–water partition coefficient (Wildman–Crippen LogP) is 5.42. The van der Waals surface area contributed by atoms with Crippen LogP contribution in [0.5, 0.6) is 0 Å². The smallest absolute Gasteiger partial charge is 0.0323 e. The van der Waals surface area contributed by atoms with Crippen molar-refractivity contribution in [1.29, 1.82) is 0 Å². The Morgan fingerprint density at radius 3 is 2.00 bits per heavy atom. The minimum absolute atomic E-state index is 0.755. The van der Waals surface area contributed by atoms with Gasteiger partial charge in [0.25, 0.3) is 0 Å². The maximum Gasteiger partial charge on any atom is -0.0323 e. The highest BCUT2D eigenvalue weighted by molar-refractivity contribution is 4.90. The van der Waals surface area contributed by atoms with Crippen LogP contribution in [0.2, 0.25) is 0 Å². The van der Waals surface area contributed by atoms with E-state index in [0.717, 1.165) is 17.3 Å². The molecular weight excluding hydrogens is 180 g/mol. The Morgan fingerprint density at radius 2 is 1.60 bits per heavy atom. The molecule has 1 aliphatic rings. The lowest BCUT2D eigenvalue weighted by Gasteiger charge is -2.24. The minimum atomic E-state index is 0.755. The van der Waals surface area contributed by atoms with Crippen molar-refractivity contribution in [3.05, 3.63) is 0 Å². The van der Waals surface area contributed by atoms with E-state index in [2.05, 4.69) is 27.7 Å². The van der Waals surface area contributed by atoms with Crippen LogP contribution in [0.25, 0.3) is 0 Å². The van der Waals surface area contributed by atoms with E-state index in [-0.39, 0.29) is 0 Å². The summed E-state index contributed by atoms with van der Waals surface area (Å²) in [4.78, 5) is 0. The maximum atomic E-state index is 2.48. The van der Waals surface area contributed by atoms with E-state index in [4.69, 9.17) is 0 Å². The van der Waals surface area contributed by atoms with Crippen LogP contribution < -0.4 is 0 Å². The Labute approximate surface area is 96.8 Å². The molecule has 0 aromatic rings. The van der Waals surface area contributed by atoms with Gasteiger partial charge >= 0.3 is 0 Å². The molecule has 0 bridgehead atoms. The number of hydrogen-bond donors (Lipinski definition) is 0. The van der Waals surface area contributed by atoms with Crippen LogP contribution in [0.1, 0.15) is 79.1 Å². The average Bonchev–Trinajstić information content (AvgIpc) is 2.94. The molecule has 0 N–H and O–H groups in total. The Balaban J connectivity index is 2.30. The summed E-state index contributed by atoms with van der Waals surface area (Å²) in [6, 6.07) is 0. The largest absolute Gasteiger partial charge is 0.0654 e. The van der Waals surface area contributed by atoms with Gasteiger partial charge in [-0.25, -0.2) is 0 Å². The standard InChI is InChI=1S/C15H30/c1-5-8-13(6-2)11-14(7-3)12-15(4)9-10-15/h13-14H,5-12H2,1-4H3. The zero-order valence-corrected chi connectivity index (χ0v) is 11.3. The molecule has 0 amide bonds. The van der Waals surface area contributed by atoms with E-state index in [1.807, 2.05) is 0 Å². The van der Waals surface area contributed by atoms with Crippen molar-refractivity contribution in [2.45, 2.75) is 79.1 Å². The normalized spacial score (nSPS) is 22.4. The lowest BCUT2D eigenvalue weighted by molar-refractivity contribution is 0.280. The summed E-state index contributed by atoms with van der Waals surface area (Å²) in [5.41, 5.74) is 0.755. The van der Waals surface area contributed by atoms with Crippen molar-refractivity contribution in [2.75, 3.05) is 0 Å². The molecule has 0 aromatic heterocycles. The second kappa shape index (κ2) is 5.92. The first-order chi connectivity index (χ1) is 7.13. The molecule has 2 atom stereocenters. The van der Waals surface area contributed by atoms with Crippen molar-refractivity contribution in [3.8, 4) is 0 Å². The predicted molar refractivity (Wildman–Crippen MR) is 69.0 cm³/mol. The van der Waals surface area contributed by atoms with Crippen LogP contribution in [-0.4, -0.2) is 0 Å². The van der Waals surface area contributed by atoms with Crippen LogP contribution in [0.4, 0.5) is 0 Å². The third-order valence-electron chi connectivity index (χ3n) is 4.40. The van der Waals surface area contributed by atoms with Gasteiger partial charge in [0, 0.05) is 0 Å². The zero-order chi connectivity index (χ0) is 11.3. The summed E-state index contributed by atoms with van der Waals surface area (Å²) in [6.45, 7) is 9.56. The quantitative estimate of drug-likeness (QED) is 0.502. The van der Waals surface area contributed by atoms with E-state index >= 15 is 0 Å². The molecule has 0 saturated heterocycles. The van der Waals surface area contributed by atoms with Crippen molar-refractivity contribution >= 4 is 0 Å². The lowest BCUT2D eigenvalue weighted by atomic mass is 9.82. The van der Waals surface area contributed by atoms with E-state index < -0.39 is 0 Å². The maximum absolute atomic E-state index is 2.48. The zero-order valence-electron chi connectivity index (χ0n) is 11.3. The molecule has 90 valence electrons. The first kappa shape index (κ1) is 13.1. The minimum Gasteiger partial charge on any atom is -0.0654 e. The highest BCUT2D eigenvalue weighted by atomic mass is 14.4. The van der Waals surface area contributed by atoms with Crippen LogP contribution in [0.3, 0.4) is 0 Å². The average molecular weight is 210 g/mol. The van der Waals surface area contributed by atoms with Gasteiger partial charge in [0.1, 0.15) is 0 Å². The molecule has 0 spiro atoms. The first-order valence-corrected chi connectivity index (χ1v) is 7.13. The van der Waals surface area contributed by atoms with Crippen LogP contribution in [0.15, 0.2) is 0 Å². The van der Waals surface area contributed by atoms with Gasteiger partial charge in [-0.15, -0.1) is 0 Å². The molecule has 0 aliphatic heterocycles. The van der Waals surface area contributed by atoms with Gasteiger partial charge in [-0.3, -0.25) is 0 Å². The highest BCUT2D eigenvalue weighted by Crippen LogP contribution is 2.51. The van der Waals surface area contributed by atoms with Gasteiger partial charge in [0.15, 0.2) is 0 Å². The highest BCUT2D eigenvalue weighted by Gasteiger charge is 2.38. The van der Waals surface area contributed by atoms with E-state index in [0.29, 0.717) is 0 Å². The first-order valence-electron chi connectivity index (χ1n) is 7.13. The number of rotatable bonds is 8. The van der Waals surface area contributed by atoms with Crippen molar-refractivity contribution in [1.82, 2.24) is 0 Å². The van der Waals surface area contributed by atoms with Gasteiger partial charge in [-0.05, 0) is 42.9 Å². The molecule has 1 fully saturated rings.